The van der Waals surface area contributed by atoms with Gasteiger partial charge in [-0.15, -0.1) is 0 Å². The number of hydrogen-bond acceptors (Lipinski definition) is 8. The molecule has 0 bridgehead atoms. The van der Waals surface area contributed by atoms with E-state index in [2.05, 4.69) is 15.5 Å². The third-order valence-electron chi connectivity index (χ3n) is 6.85. The number of fused-ring (bicyclic) bond motifs is 1. The van der Waals surface area contributed by atoms with Crippen molar-refractivity contribution in [2.24, 2.45) is 4.99 Å². The number of aromatic nitrogens is 2. The number of nitrogens with one attached hydrogen (secondary N) is 2. The van der Waals surface area contributed by atoms with Crippen molar-refractivity contribution in [2.75, 3.05) is 31.1 Å². The average Bonchev–Trinajstić information content (AvgIpc) is 3.66. The number of nitrogen functional groups attached to an aromatic ring is 2. The summed E-state index contributed by atoms with van der Waals surface area (Å²) in [7, 11) is 0. The highest BCUT2D eigenvalue weighted by Gasteiger charge is 2.27. The molecule has 0 spiro atoms. The molecule has 3 heterocycles. The maximum Gasteiger partial charge on any atom is 0.288 e. The van der Waals surface area contributed by atoms with Crippen LogP contribution in [0.2, 0.25) is 5.02 Å². The van der Waals surface area contributed by atoms with E-state index in [9.17, 15) is 9.59 Å². The molecule has 37 heavy (non-hydrogen) atoms. The number of H-pyrrole nitrogens is 1. The van der Waals surface area contributed by atoms with E-state index in [0.29, 0.717) is 60.6 Å². The van der Waals surface area contributed by atoms with Gasteiger partial charge >= 0.3 is 0 Å². The van der Waals surface area contributed by atoms with Gasteiger partial charge < -0.3 is 26.1 Å². The average molecular weight is 524 g/mol. The zero-order chi connectivity index (χ0) is 26.1. The van der Waals surface area contributed by atoms with Crippen LogP contribution < -0.4 is 22.3 Å². The van der Waals surface area contributed by atoms with Gasteiger partial charge in [-0.3, -0.25) is 14.6 Å². The first kappa shape index (κ1) is 25.0. The molecule has 11 heteroatoms. The minimum atomic E-state index is -0.558. The molecule has 3 aromatic rings. The van der Waals surface area contributed by atoms with Crippen LogP contribution in [0, 0.1) is 6.92 Å². The lowest BCUT2D eigenvalue weighted by Crippen LogP contribution is -2.39. The van der Waals surface area contributed by atoms with E-state index in [1.807, 2.05) is 24.0 Å². The summed E-state index contributed by atoms with van der Waals surface area (Å²) in [5, 5.41) is 11.0. The normalized spacial score (nSPS) is 17.2. The number of anilines is 2. The number of nitrogens with zero attached hydrogens (tertiary/aromatic N) is 3. The number of aromatic amines is 1. The number of carbonyl (C=O) groups is 1. The second kappa shape index (κ2) is 10.4. The number of carbonyl (C=O) groups excluding carboxylic acids is 1. The summed E-state index contributed by atoms with van der Waals surface area (Å²) in [5.41, 5.74) is 13.7. The standard InChI is InChI=1S/C26H30ClN7O3/c1-14-18-13-15(27)4-7-19(18)37-24(14)23(21-22(28)26(36)33-32-25(21)29)31-17-8-11-34(12-9-17)20(35)3-2-10-30-16-5-6-16/h2-4,7,13,16-17,30H,5-6,8-12H2,1H3,(H,33,36)(H4,28,29,32)/b3-2+,31-23?. The summed E-state index contributed by atoms with van der Waals surface area (Å²) in [6.45, 7) is 3.73. The second-order valence-electron chi connectivity index (χ2n) is 9.54. The summed E-state index contributed by atoms with van der Waals surface area (Å²) < 4.78 is 6.18. The van der Waals surface area contributed by atoms with E-state index in [1.165, 1.54) is 12.8 Å². The molecule has 2 aliphatic rings. The van der Waals surface area contributed by atoms with Gasteiger partial charge in [0.1, 0.15) is 17.0 Å². The molecule has 2 aromatic heterocycles. The van der Waals surface area contributed by atoms with Crippen molar-refractivity contribution in [1.29, 1.82) is 0 Å². The summed E-state index contributed by atoms with van der Waals surface area (Å²) >= 11 is 6.21. The molecule has 1 aliphatic carbocycles. The zero-order valence-electron chi connectivity index (χ0n) is 20.6. The summed E-state index contributed by atoms with van der Waals surface area (Å²) in [6, 6.07) is 5.82. The van der Waals surface area contributed by atoms with Crippen LogP contribution in [-0.2, 0) is 4.79 Å². The minimum absolute atomic E-state index is 0.00228. The van der Waals surface area contributed by atoms with Crippen LogP contribution in [0.3, 0.4) is 0 Å². The molecule has 0 atom stereocenters. The van der Waals surface area contributed by atoms with E-state index < -0.39 is 5.56 Å². The number of benzene rings is 1. The number of nitrogens with two attached hydrogens (primary N) is 2. The number of rotatable bonds is 7. The summed E-state index contributed by atoms with van der Waals surface area (Å²) in [6.07, 6.45) is 7.23. The molecule has 1 saturated carbocycles. The molecule has 0 unspecified atom stereocenters. The van der Waals surface area contributed by atoms with Gasteiger partial charge in [-0.1, -0.05) is 17.7 Å². The Morgan fingerprint density at radius 1 is 1.30 bits per heavy atom. The molecule has 0 radical (unpaired) electrons. The lowest BCUT2D eigenvalue weighted by atomic mass is 10.0. The molecule has 1 aromatic carbocycles. The predicted octanol–water partition coefficient (Wildman–Crippen LogP) is 2.78. The van der Waals surface area contributed by atoms with E-state index in [-0.39, 0.29) is 29.0 Å². The first-order valence-corrected chi connectivity index (χ1v) is 12.8. The van der Waals surface area contributed by atoms with Crippen LogP contribution >= 0.6 is 11.6 Å². The van der Waals surface area contributed by atoms with Crippen molar-refractivity contribution in [3.05, 3.63) is 62.6 Å². The van der Waals surface area contributed by atoms with E-state index >= 15 is 0 Å². The molecule has 1 amide bonds. The van der Waals surface area contributed by atoms with Gasteiger partial charge in [-0.05, 0) is 50.8 Å². The van der Waals surface area contributed by atoms with Gasteiger partial charge in [-0.25, -0.2) is 5.10 Å². The molecule has 6 N–H and O–H groups in total. The van der Waals surface area contributed by atoms with E-state index in [1.54, 1.807) is 18.2 Å². The van der Waals surface area contributed by atoms with Crippen molar-refractivity contribution in [3.8, 4) is 0 Å². The number of aryl methyl sites for hydroxylation is 1. The zero-order valence-corrected chi connectivity index (χ0v) is 21.3. The number of aliphatic imine (C=N–C) groups is 1. The van der Waals surface area contributed by atoms with Crippen LogP contribution in [-0.4, -0.2) is 58.4 Å². The quantitative estimate of drug-likeness (QED) is 0.274. The smallest absolute Gasteiger partial charge is 0.288 e. The number of amides is 1. The third-order valence-corrected chi connectivity index (χ3v) is 7.08. The van der Waals surface area contributed by atoms with Gasteiger partial charge in [0.25, 0.3) is 5.56 Å². The van der Waals surface area contributed by atoms with Crippen molar-refractivity contribution in [1.82, 2.24) is 20.4 Å². The van der Waals surface area contributed by atoms with Crippen LogP contribution in [0.1, 0.15) is 42.6 Å². The Morgan fingerprint density at radius 3 is 2.78 bits per heavy atom. The maximum atomic E-state index is 12.6. The fraction of sp³-hybridized carbons (Fsp3) is 0.385. The van der Waals surface area contributed by atoms with Gasteiger partial charge in [0.15, 0.2) is 11.6 Å². The number of halogens is 1. The van der Waals surface area contributed by atoms with Crippen LogP contribution in [0.4, 0.5) is 11.5 Å². The summed E-state index contributed by atoms with van der Waals surface area (Å²) in [5.74, 6) is 0.497. The lowest BCUT2D eigenvalue weighted by Gasteiger charge is -2.30. The number of furan rings is 1. The van der Waals surface area contributed by atoms with Crippen molar-refractivity contribution >= 4 is 45.7 Å². The van der Waals surface area contributed by atoms with Crippen LogP contribution in [0.15, 0.2) is 44.6 Å². The number of likely N-dealkylation sites (tertiary alicyclic amines) is 1. The van der Waals surface area contributed by atoms with Gasteiger partial charge in [0.05, 0.1) is 11.6 Å². The Labute approximate surface area is 218 Å². The second-order valence-corrected chi connectivity index (χ2v) is 9.98. The SMILES string of the molecule is Cc1c(C(=NC2CCN(C(=O)/C=C/CNC3CC3)CC2)c2c(N)n[nH]c(=O)c2N)oc2ccc(Cl)cc12. The fourth-order valence-corrected chi connectivity index (χ4v) is 4.74. The number of piperidine rings is 1. The predicted molar refractivity (Wildman–Crippen MR) is 145 cm³/mol. The molecule has 10 nitrogen and oxygen atoms in total. The fourth-order valence-electron chi connectivity index (χ4n) is 4.57. The third kappa shape index (κ3) is 5.40. The Bertz CT molecular complexity index is 1450. The van der Waals surface area contributed by atoms with Gasteiger partial charge in [-0.2, -0.15) is 5.10 Å². The molecule has 2 fully saturated rings. The molecular weight excluding hydrogens is 494 g/mol. The Morgan fingerprint density at radius 2 is 2.05 bits per heavy atom. The van der Waals surface area contributed by atoms with Crippen molar-refractivity contribution < 1.29 is 9.21 Å². The lowest BCUT2D eigenvalue weighted by molar-refractivity contribution is -0.127. The van der Waals surface area contributed by atoms with Gasteiger partial charge in [0, 0.05) is 47.7 Å². The van der Waals surface area contributed by atoms with Crippen molar-refractivity contribution in [2.45, 2.75) is 44.7 Å². The Hall–Kier alpha value is -3.63. The molecule has 5 rings (SSSR count). The molecule has 1 aliphatic heterocycles. The topological polar surface area (TPSA) is 156 Å². The Kier molecular flexibility index (Phi) is 7.03. The highest BCUT2D eigenvalue weighted by molar-refractivity contribution is 6.31. The highest BCUT2D eigenvalue weighted by Crippen LogP contribution is 2.32. The van der Waals surface area contributed by atoms with Crippen LogP contribution in [0.5, 0.6) is 0 Å². The maximum absolute atomic E-state index is 12.6. The largest absolute Gasteiger partial charge is 0.454 e. The number of hydrogen-bond donors (Lipinski definition) is 4. The molecular formula is C26H30ClN7O3. The molecule has 194 valence electrons. The van der Waals surface area contributed by atoms with Gasteiger partial charge in [0.2, 0.25) is 5.91 Å². The first-order chi connectivity index (χ1) is 17.8. The Balaban J connectivity index is 1.42. The first-order valence-electron chi connectivity index (χ1n) is 12.4. The van der Waals surface area contributed by atoms with Crippen LogP contribution in [0.25, 0.3) is 11.0 Å². The summed E-state index contributed by atoms with van der Waals surface area (Å²) in [4.78, 5) is 31.7. The highest BCUT2D eigenvalue weighted by atomic mass is 35.5. The monoisotopic (exact) mass is 523 g/mol. The molecule has 1 saturated heterocycles. The van der Waals surface area contributed by atoms with E-state index in [4.69, 9.17) is 32.5 Å². The minimum Gasteiger partial charge on any atom is -0.454 e. The van der Waals surface area contributed by atoms with Crippen molar-refractivity contribution in [3.63, 3.8) is 0 Å². The van der Waals surface area contributed by atoms with E-state index in [0.717, 1.165) is 10.9 Å².